The Morgan fingerprint density at radius 3 is 1.54 bits per heavy atom. The maximum atomic E-state index is 2.42. The largest absolute Gasteiger partial charge is 0.310 e. The smallest absolute Gasteiger partial charge is 0.0561 e. The Morgan fingerprint density at radius 2 is 0.877 bits per heavy atom. The van der Waals surface area contributed by atoms with Gasteiger partial charge in [0.15, 0.2) is 0 Å². The molecule has 1 heterocycles. The first-order chi connectivity index (χ1) is 28.3. The summed E-state index contributed by atoms with van der Waals surface area (Å²) in [4.78, 5) is 4.71. The lowest BCUT2D eigenvalue weighted by atomic mass is 9.97. The van der Waals surface area contributed by atoms with E-state index in [0.29, 0.717) is 0 Å². The van der Waals surface area contributed by atoms with Gasteiger partial charge in [-0.05, 0) is 120 Å². The maximum absolute atomic E-state index is 2.42. The number of hydrogen-bond donors (Lipinski definition) is 0. The normalized spacial score (nSPS) is 12.5. The van der Waals surface area contributed by atoms with Crippen LogP contribution in [0.4, 0.5) is 34.1 Å². The van der Waals surface area contributed by atoms with Gasteiger partial charge in [0, 0.05) is 50.6 Å². The number of benzene rings is 8. The summed E-state index contributed by atoms with van der Waals surface area (Å²) in [6.07, 6.45) is 8.84. The highest BCUT2D eigenvalue weighted by Crippen LogP contribution is 2.43. The molecule has 1 aliphatic carbocycles. The van der Waals surface area contributed by atoms with E-state index < -0.39 is 0 Å². The van der Waals surface area contributed by atoms with Crippen molar-refractivity contribution >= 4 is 61.5 Å². The first kappa shape index (κ1) is 34.2. The highest BCUT2D eigenvalue weighted by atomic mass is 15.2. The van der Waals surface area contributed by atoms with Crippen LogP contribution < -0.4 is 9.80 Å². The van der Waals surface area contributed by atoms with Crippen LogP contribution >= 0.6 is 0 Å². The summed E-state index contributed by atoms with van der Waals surface area (Å²) < 4.78 is 2.42. The van der Waals surface area contributed by atoms with Crippen molar-refractivity contribution in [3.63, 3.8) is 0 Å². The molecule has 0 aliphatic heterocycles. The Hall–Kier alpha value is -7.36. The van der Waals surface area contributed by atoms with Crippen LogP contribution in [0.3, 0.4) is 0 Å². The first-order valence-corrected chi connectivity index (χ1v) is 19.7. The Balaban J connectivity index is 1.10. The molecule has 57 heavy (non-hydrogen) atoms. The zero-order valence-electron chi connectivity index (χ0n) is 31.6. The van der Waals surface area contributed by atoms with Gasteiger partial charge in [-0.15, -0.1) is 0 Å². The summed E-state index contributed by atoms with van der Waals surface area (Å²) in [6.45, 7) is 0. The van der Waals surface area contributed by atoms with Crippen LogP contribution in [0.5, 0.6) is 0 Å². The van der Waals surface area contributed by atoms with Gasteiger partial charge in [-0.1, -0.05) is 140 Å². The fraction of sp³-hybridized carbons (Fsp3) is 0.0370. The average Bonchev–Trinajstić information content (AvgIpc) is 3.62. The monoisotopic (exact) mass is 731 g/mol. The van der Waals surface area contributed by atoms with Crippen molar-refractivity contribution in [2.24, 2.45) is 0 Å². The quantitative estimate of drug-likeness (QED) is 0.146. The van der Waals surface area contributed by atoms with Gasteiger partial charge in [0.25, 0.3) is 0 Å². The van der Waals surface area contributed by atoms with Crippen LogP contribution in [0.25, 0.3) is 44.2 Å². The van der Waals surface area contributed by atoms with Crippen molar-refractivity contribution < 1.29 is 0 Å². The van der Waals surface area contributed by atoms with Crippen molar-refractivity contribution in [3.8, 4) is 16.8 Å². The van der Waals surface area contributed by atoms with Crippen LogP contribution in [-0.2, 0) is 0 Å². The summed E-state index contributed by atoms with van der Waals surface area (Å²) in [5.41, 5.74) is 15.1. The van der Waals surface area contributed by atoms with Crippen molar-refractivity contribution in [1.82, 2.24) is 4.57 Å². The van der Waals surface area contributed by atoms with Gasteiger partial charge in [-0.3, -0.25) is 0 Å². The van der Waals surface area contributed by atoms with Crippen molar-refractivity contribution in [3.05, 3.63) is 230 Å². The number of anilines is 6. The molecule has 8 aromatic carbocycles. The molecule has 0 unspecified atom stereocenters. The second-order valence-corrected chi connectivity index (χ2v) is 14.5. The van der Waals surface area contributed by atoms with Gasteiger partial charge in [0.2, 0.25) is 0 Å². The second-order valence-electron chi connectivity index (χ2n) is 14.5. The van der Waals surface area contributed by atoms with Gasteiger partial charge < -0.3 is 14.4 Å². The minimum Gasteiger partial charge on any atom is -0.310 e. The lowest BCUT2D eigenvalue weighted by molar-refractivity contribution is 1.05. The fourth-order valence-corrected chi connectivity index (χ4v) is 8.30. The molecule has 0 fully saturated rings. The van der Waals surface area contributed by atoms with Gasteiger partial charge in [0.1, 0.15) is 0 Å². The average molecular weight is 732 g/mol. The van der Waals surface area contributed by atoms with E-state index in [1.165, 1.54) is 44.1 Å². The molecule has 272 valence electrons. The number of rotatable bonds is 9. The molecular formula is C54H41N3. The number of hydrogen-bond acceptors (Lipinski definition) is 2. The summed E-state index contributed by atoms with van der Waals surface area (Å²) in [5.74, 6) is 0. The number of allylic oxidation sites excluding steroid dienone is 4. The lowest BCUT2D eigenvalue weighted by Gasteiger charge is -2.29. The predicted octanol–water partition coefficient (Wildman–Crippen LogP) is 15.1. The third-order valence-corrected chi connectivity index (χ3v) is 11.0. The van der Waals surface area contributed by atoms with Crippen molar-refractivity contribution in [2.75, 3.05) is 9.80 Å². The zero-order chi connectivity index (χ0) is 38.0. The highest BCUT2D eigenvalue weighted by Gasteiger charge is 2.20. The number of fused-ring (bicyclic) bond motifs is 3. The summed E-state index contributed by atoms with van der Waals surface area (Å²) in [6, 6.07) is 74.4. The summed E-state index contributed by atoms with van der Waals surface area (Å²) in [7, 11) is 0. The molecule has 0 saturated carbocycles. The van der Waals surface area contributed by atoms with E-state index in [9.17, 15) is 0 Å². The van der Waals surface area contributed by atoms with Crippen LogP contribution in [0.2, 0.25) is 0 Å². The Labute approximate surface area is 334 Å². The molecular weight excluding hydrogens is 691 g/mol. The van der Waals surface area contributed by atoms with Crippen LogP contribution in [-0.4, -0.2) is 4.57 Å². The molecule has 0 amide bonds. The fourth-order valence-electron chi connectivity index (χ4n) is 8.30. The third kappa shape index (κ3) is 6.60. The molecule has 1 aliphatic rings. The van der Waals surface area contributed by atoms with E-state index in [4.69, 9.17) is 0 Å². The number of aromatic nitrogens is 1. The van der Waals surface area contributed by atoms with Crippen molar-refractivity contribution in [1.29, 1.82) is 0 Å². The molecule has 0 spiro atoms. The standard InChI is InChI=1S/C54H41N3/c1-5-16-40(17-6-1)42-28-32-46(33-29-42)55(44-20-9-3-10-21-44)48-24-15-25-49(38-48)56(45-22-11-4-12-23-45)50-36-37-52-51-26-13-14-27-53(51)57(54(52)39-50)47-34-30-43(31-35-47)41-18-7-2-8-19-41/h1-7,9-18,20-39H,8,19H2. The van der Waals surface area contributed by atoms with E-state index in [0.717, 1.165) is 52.7 Å². The zero-order valence-corrected chi connectivity index (χ0v) is 31.6. The lowest BCUT2D eigenvalue weighted by Crippen LogP contribution is -2.13. The Morgan fingerprint density at radius 1 is 0.368 bits per heavy atom. The molecule has 0 saturated heterocycles. The summed E-state index contributed by atoms with van der Waals surface area (Å²) >= 11 is 0. The predicted molar refractivity (Wildman–Crippen MR) is 242 cm³/mol. The van der Waals surface area contributed by atoms with Gasteiger partial charge in [-0.2, -0.15) is 0 Å². The van der Waals surface area contributed by atoms with E-state index in [1.54, 1.807) is 0 Å². The van der Waals surface area contributed by atoms with Gasteiger partial charge in [0.05, 0.1) is 11.0 Å². The second kappa shape index (κ2) is 15.1. The molecule has 3 nitrogen and oxygen atoms in total. The molecule has 9 aromatic rings. The van der Waals surface area contributed by atoms with Gasteiger partial charge >= 0.3 is 0 Å². The Kier molecular flexibility index (Phi) is 9.02. The topological polar surface area (TPSA) is 11.4 Å². The van der Waals surface area contributed by atoms with E-state index in [-0.39, 0.29) is 0 Å². The maximum Gasteiger partial charge on any atom is 0.0561 e. The minimum absolute atomic E-state index is 1.07. The van der Waals surface area contributed by atoms with Gasteiger partial charge in [-0.25, -0.2) is 0 Å². The molecule has 0 N–H and O–H groups in total. The molecule has 0 radical (unpaired) electrons. The number of nitrogens with zero attached hydrogens (tertiary/aromatic N) is 3. The van der Waals surface area contributed by atoms with E-state index >= 15 is 0 Å². The molecule has 3 heteroatoms. The highest BCUT2D eigenvalue weighted by molar-refractivity contribution is 6.10. The van der Waals surface area contributed by atoms with Crippen LogP contribution in [0.1, 0.15) is 18.4 Å². The van der Waals surface area contributed by atoms with E-state index in [2.05, 4.69) is 239 Å². The van der Waals surface area contributed by atoms with Crippen molar-refractivity contribution in [2.45, 2.75) is 12.8 Å². The SMILES string of the molecule is C1=CCCC(c2ccc(-n3c4ccccc4c4ccc(N(c5ccccc5)c5cccc(N(c6ccccc6)c6ccc(-c7ccccc7)cc6)c5)cc43)cc2)=C1. The third-order valence-electron chi connectivity index (χ3n) is 11.0. The molecule has 10 rings (SSSR count). The first-order valence-electron chi connectivity index (χ1n) is 19.7. The van der Waals surface area contributed by atoms with Crippen LogP contribution in [0.15, 0.2) is 224 Å². The molecule has 1 aromatic heterocycles. The molecule has 0 atom stereocenters. The summed E-state index contributed by atoms with van der Waals surface area (Å²) in [5, 5.41) is 2.47. The minimum atomic E-state index is 1.07. The molecule has 0 bridgehead atoms. The van der Waals surface area contributed by atoms with E-state index in [1.807, 2.05) is 0 Å². The Bertz CT molecular complexity index is 2870. The number of para-hydroxylation sites is 3. The van der Waals surface area contributed by atoms with Crippen LogP contribution in [0, 0.1) is 0 Å².